The van der Waals surface area contributed by atoms with Crippen LogP contribution >= 0.6 is 0 Å². The number of carboxylic acid groups (broad SMARTS) is 1. The van der Waals surface area contributed by atoms with Crippen molar-refractivity contribution in [2.45, 2.75) is 89.9 Å². The van der Waals surface area contributed by atoms with Crippen molar-refractivity contribution in [3.8, 4) is 5.75 Å². The number of fused-ring (bicyclic) bond motifs is 2. The van der Waals surface area contributed by atoms with Gasteiger partial charge in [-0.1, -0.05) is 26.0 Å². The number of benzene rings is 1. The molecule has 2 heterocycles. The third kappa shape index (κ3) is 14.7. The summed E-state index contributed by atoms with van der Waals surface area (Å²) in [5.41, 5.74) is 0.631. The summed E-state index contributed by atoms with van der Waals surface area (Å²) in [6.45, 7) is 7.26. The summed E-state index contributed by atoms with van der Waals surface area (Å²) >= 11 is 0. The van der Waals surface area contributed by atoms with Gasteiger partial charge in [0.2, 0.25) is 23.6 Å². The molecule has 7 N–H and O–H groups in total. The van der Waals surface area contributed by atoms with Crippen LogP contribution in [0.5, 0.6) is 5.75 Å². The van der Waals surface area contributed by atoms with E-state index in [0.717, 1.165) is 19.4 Å². The van der Waals surface area contributed by atoms with Crippen LogP contribution in [0, 0.1) is 5.92 Å². The second-order valence-electron chi connectivity index (χ2n) is 12.4. The fraction of sp³-hybridized carbons (Fsp3) is 0.636. The van der Waals surface area contributed by atoms with Gasteiger partial charge >= 0.3 is 0 Å². The zero-order valence-corrected chi connectivity index (χ0v) is 28.2. The van der Waals surface area contributed by atoms with Crippen LogP contribution in [0.3, 0.4) is 0 Å². The molecule has 0 radical (unpaired) electrons. The first-order chi connectivity index (χ1) is 22.9. The summed E-state index contributed by atoms with van der Waals surface area (Å²) in [7, 11) is 0. The third-order valence-corrected chi connectivity index (χ3v) is 7.81. The molecule has 0 aromatic heterocycles. The van der Waals surface area contributed by atoms with E-state index in [0.29, 0.717) is 63.2 Å². The first-order valence-electron chi connectivity index (χ1n) is 16.6. The zero-order chi connectivity index (χ0) is 35.5. The molecule has 4 atom stereocenters. The second-order valence-corrected chi connectivity index (χ2v) is 12.4. The van der Waals surface area contributed by atoms with Gasteiger partial charge < -0.3 is 46.4 Å². The number of nitrogens with zero attached hydrogens (tertiary/aromatic N) is 1. The van der Waals surface area contributed by atoms with Crippen molar-refractivity contribution in [1.82, 2.24) is 31.5 Å². The molecule has 2 bridgehead atoms. The molecule has 2 aliphatic rings. The number of amides is 5. The van der Waals surface area contributed by atoms with Gasteiger partial charge in [-0.2, -0.15) is 0 Å². The van der Waals surface area contributed by atoms with Gasteiger partial charge in [-0.3, -0.25) is 28.8 Å². The molecular formula is C33H52N6O9. The summed E-state index contributed by atoms with van der Waals surface area (Å²) in [6, 6.07) is 4.48. The van der Waals surface area contributed by atoms with Crippen LogP contribution in [0.1, 0.15) is 64.9 Å². The molecule has 3 rings (SSSR count). The average Bonchev–Trinajstić information content (AvgIpc) is 3.57. The molecule has 0 spiro atoms. The molecule has 15 heteroatoms. The number of carbonyl (C=O) groups is 6. The Morgan fingerprint density at radius 2 is 1.67 bits per heavy atom. The number of ether oxygens (including phenoxy) is 1. The Balaban J connectivity index is 0.00000257. The van der Waals surface area contributed by atoms with Gasteiger partial charge in [-0.05, 0) is 75.6 Å². The molecule has 0 unspecified atom stereocenters. The van der Waals surface area contributed by atoms with Crippen LogP contribution in [0.15, 0.2) is 24.3 Å². The van der Waals surface area contributed by atoms with Crippen LogP contribution in [-0.2, 0) is 35.2 Å². The molecule has 2 aliphatic heterocycles. The first-order valence-corrected chi connectivity index (χ1v) is 16.6. The zero-order valence-electron chi connectivity index (χ0n) is 28.2. The minimum absolute atomic E-state index is 0.0306. The number of rotatable bonds is 4. The lowest BCUT2D eigenvalue weighted by atomic mass is 10.0. The van der Waals surface area contributed by atoms with Crippen LogP contribution in [0.2, 0.25) is 0 Å². The van der Waals surface area contributed by atoms with Crippen LogP contribution in [0.25, 0.3) is 0 Å². The van der Waals surface area contributed by atoms with E-state index in [2.05, 4.69) is 26.6 Å². The third-order valence-electron chi connectivity index (χ3n) is 7.81. The molecule has 15 nitrogen and oxygen atoms in total. The van der Waals surface area contributed by atoms with E-state index in [1.54, 1.807) is 29.2 Å². The Hall–Kier alpha value is -4.24. The highest BCUT2D eigenvalue weighted by Gasteiger charge is 2.30. The molecule has 5 amide bonds. The maximum absolute atomic E-state index is 13.3. The smallest absolute Gasteiger partial charge is 0.290 e. The van der Waals surface area contributed by atoms with Crippen molar-refractivity contribution in [2.24, 2.45) is 5.92 Å². The van der Waals surface area contributed by atoms with Crippen molar-refractivity contribution in [3.63, 3.8) is 0 Å². The van der Waals surface area contributed by atoms with E-state index in [1.807, 2.05) is 13.8 Å². The molecule has 268 valence electrons. The lowest BCUT2D eigenvalue weighted by molar-refractivity contribution is -0.134. The molecule has 1 aromatic rings. The monoisotopic (exact) mass is 676 g/mol. The molecule has 1 aromatic carbocycles. The summed E-state index contributed by atoms with van der Waals surface area (Å²) in [5, 5.41) is 31.5. The van der Waals surface area contributed by atoms with Crippen LogP contribution in [0.4, 0.5) is 0 Å². The number of hydrogen-bond acceptors (Lipinski definition) is 9. The van der Waals surface area contributed by atoms with E-state index >= 15 is 0 Å². The summed E-state index contributed by atoms with van der Waals surface area (Å²) in [6.07, 6.45) is 2.64. The Morgan fingerprint density at radius 3 is 2.33 bits per heavy atom. The standard InChI is InChI=1S/C32H50N6O7.CH2O2/c1-21(2)17-26-30(42)37-29(22(3)39)31(43)35-12-4-5-15-38(32(44)25-11-7-13-33-25)16-8-14-34-28(41)20-45-24-10-6-9-23(18-24)19-27(40)36-26;2-1-3/h6,9-10,18,21-22,25-26,29,33,39H,4-5,7-8,11-17,19-20H2,1-3H3,(H,34,41)(H,35,43)(H,36,40)(H,37,42);1H,(H,2,3)/t22-,25+,26-,29+;/m1./s1. The van der Waals surface area contributed by atoms with Gasteiger partial charge in [0.15, 0.2) is 6.61 Å². The number of aliphatic hydroxyl groups excluding tert-OH is 1. The average molecular weight is 677 g/mol. The maximum atomic E-state index is 13.3. The van der Waals surface area contributed by atoms with E-state index in [9.17, 15) is 29.1 Å². The second kappa shape index (κ2) is 21.6. The van der Waals surface area contributed by atoms with Gasteiger partial charge in [0.1, 0.15) is 17.8 Å². The number of carbonyl (C=O) groups excluding carboxylic acids is 5. The number of nitrogens with one attached hydrogen (secondary N) is 5. The summed E-state index contributed by atoms with van der Waals surface area (Å²) in [5.74, 6) is -1.26. The van der Waals surface area contributed by atoms with Gasteiger partial charge in [-0.15, -0.1) is 0 Å². The Labute approximate surface area is 281 Å². The SMILES string of the molecule is CC(C)C[C@H]1NC(=O)Cc2cccc(c2)OCC(=O)NCCCN(C(=O)[C@@H]2CCCN2)CCCCNC(=O)[C@H]([C@@H](C)O)NC1=O.O=CO. The highest BCUT2D eigenvalue weighted by Crippen LogP contribution is 2.15. The maximum Gasteiger partial charge on any atom is 0.290 e. The number of hydrogen-bond donors (Lipinski definition) is 7. The van der Waals surface area contributed by atoms with E-state index in [1.165, 1.54) is 6.92 Å². The predicted molar refractivity (Wildman–Crippen MR) is 177 cm³/mol. The van der Waals surface area contributed by atoms with Crippen molar-refractivity contribution in [3.05, 3.63) is 29.8 Å². The van der Waals surface area contributed by atoms with Crippen molar-refractivity contribution in [2.75, 3.05) is 39.3 Å². The largest absolute Gasteiger partial charge is 0.484 e. The van der Waals surface area contributed by atoms with E-state index < -0.39 is 35.9 Å². The lowest BCUT2D eigenvalue weighted by Crippen LogP contribution is -2.57. The van der Waals surface area contributed by atoms with Crippen molar-refractivity contribution < 1.29 is 43.7 Å². The topological polar surface area (TPSA) is 215 Å². The summed E-state index contributed by atoms with van der Waals surface area (Å²) in [4.78, 5) is 75.0. The van der Waals surface area contributed by atoms with Crippen molar-refractivity contribution >= 4 is 36.0 Å². The first kappa shape index (κ1) is 39.9. The summed E-state index contributed by atoms with van der Waals surface area (Å²) < 4.78 is 5.65. The van der Waals surface area contributed by atoms with Gasteiger partial charge in [0.05, 0.1) is 18.6 Å². The number of aliphatic hydroxyl groups is 1. The highest BCUT2D eigenvalue weighted by atomic mass is 16.5. The highest BCUT2D eigenvalue weighted by molar-refractivity contribution is 5.92. The fourth-order valence-corrected chi connectivity index (χ4v) is 5.43. The Morgan fingerprint density at radius 1 is 0.958 bits per heavy atom. The normalized spacial score (nSPS) is 23.1. The Bertz CT molecular complexity index is 1210. The molecule has 0 saturated carbocycles. The fourth-order valence-electron chi connectivity index (χ4n) is 5.43. The van der Waals surface area contributed by atoms with Gasteiger partial charge in [0, 0.05) is 26.2 Å². The van der Waals surface area contributed by atoms with Crippen LogP contribution in [-0.4, -0.2) is 115 Å². The lowest BCUT2D eigenvalue weighted by Gasteiger charge is -2.26. The van der Waals surface area contributed by atoms with E-state index in [4.69, 9.17) is 14.6 Å². The van der Waals surface area contributed by atoms with Crippen LogP contribution < -0.4 is 31.3 Å². The van der Waals surface area contributed by atoms with E-state index in [-0.39, 0.29) is 43.3 Å². The molecular weight excluding hydrogens is 624 g/mol. The Kier molecular flexibility index (Phi) is 18.0. The van der Waals surface area contributed by atoms with Gasteiger partial charge in [0.25, 0.3) is 12.4 Å². The molecule has 48 heavy (non-hydrogen) atoms. The quantitative estimate of drug-likeness (QED) is 0.207. The minimum Gasteiger partial charge on any atom is -0.484 e. The van der Waals surface area contributed by atoms with Gasteiger partial charge in [-0.25, -0.2) is 0 Å². The molecule has 0 aliphatic carbocycles. The molecule has 1 saturated heterocycles. The predicted octanol–water partition coefficient (Wildman–Crippen LogP) is -0.298. The molecule has 1 fully saturated rings. The minimum atomic E-state index is -1.20. The van der Waals surface area contributed by atoms with Crippen molar-refractivity contribution in [1.29, 1.82) is 0 Å².